The van der Waals surface area contributed by atoms with Crippen LogP contribution in [0.2, 0.25) is 0 Å². The van der Waals surface area contributed by atoms with Crippen LogP contribution in [0.1, 0.15) is 44.2 Å². The van der Waals surface area contributed by atoms with Crippen molar-refractivity contribution in [3.8, 4) is 22.8 Å². The zero-order chi connectivity index (χ0) is 18.8. The Bertz CT molecular complexity index is 806. The molecule has 0 radical (unpaired) electrons. The second-order valence-electron chi connectivity index (χ2n) is 7.43. The van der Waals surface area contributed by atoms with Gasteiger partial charge in [0.25, 0.3) is 0 Å². The number of hydrogen-bond acceptors (Lipinski definition) is 5. The number of ether oxygens (including phenoxy) is 2. The molecule has 2 saturated carbocycles. The van der Waals surface area contributed by atoms with Gasteiger partial charge in [0.15, 0.2) is 5.76 Å². The van der Waals surface area contributed by atoms with Crippen molar-refractivity contribution in [2.24, 2.45) is 5.92 Å². The number of nitrogens with zero attached hydrogens (tertiary/aromatic N) is 2. The Morgan fingerprint density at radius 3 is 2.59 bits per heavy atom. The van der Waals surface area contributed by atoms with Gasteiger partial charge >= 0.3 is 0 Å². The molecule has 1 aromatic heterocycles. The number of methoxy groups -OCH3 is 2. The van der Waals surface area contributed by atoms with E-state index in [4.69, 9.17) is 14.0 Å². The Balaban J connectivity index is 1.52. The maximum absolute atomic E-state index is 12.9. The van der Waals surface area contributed by atoms with Crippen molar-refractivity contribution in [1.29, 1.82) is 0 Å². The molecule has 0 aliphatic heterocycles. The molecule has 2 aromatic rings. The number of hydrogen-bond donors (Lipinski definition) is 0. The molecule has 1 amide bonds. The van der Waals surface area contributed by atoms with Crippen LogP contribution in [0.3, 0.4) is 0 Å². The van der Waals surface area contributed by atoms with Crippen molar-refractivity contribution in [3.05, 3.63) is 30.0 Å². The third-order valence-corrected chi connectivity index (χ3v) is 5.54. The average Bonchev–Trinajstić information content (AvgIpc) is 3.20. The minimum Gasteiger partial charge on any atom is -0.497 e. The van der Waals surface area contributed by atoms with Gasteiger partial charge in [-0.05, 0) is 37.8 Å². The molecule has 6 heteroatoms. The van der Waals surface area contributed by atoms with Crippen molar-refractivity contribution in [3.63, 3.8) is 0 Å². The molecule has 2 aliphatic rings. The van der Waals surface area contributed by atoms with Crippen LogP contribution < -0.4 is 9.47 Å². The molecule has 0 bridgehead atoms. The van der Waals surface area contributed by atoms with Crippen LogP contribution in [0.5, 0.6) is 11.5 Å². The number of amides is 1. The molecule has 0 spiro atoms. The fraction of sp³-hybridized carbons (Fsp3) is 0.524. The quantitative estimate of drug-likeness (QED) is 0.736. The summed E-state index contributed by atoms with van der Waals surface area (Å²) < 4.78 is 16.3. The van der Waals surface area contributed by atoms with Gasteiger partial charge < -0.3 is 18.9 Å². The van der Waals surface area contributed by atoms with E-state index in [1.165, 1.54) is 12.8 Å². The van der Waals surface area contributed by atoms with Crippen molar-refractivity contribution in [2.75, 3.05) is 14.2 Å². The van der Waals surface area contributed by atoms with Crippen LogP contribution in [0.4, 0.5) is 0 Å². The van der Waals surface area contributed by atoms with E-state index >= 15 is 0 Å². The molecule has 0 N–H and O–H groups in total. The summed E-state index contributed by atoms with van der Waals surface area (Å²) in [7, 11) is 3.24. The molecule has 1 aromatic carbocycles. The number of rotatable bonds is 7. The fourth-order valence-corrected chi connectivity index (χ4v) is 3.87. The molecule has 144 valence electrons. The molecule has 2 aliphatic carbocycles. The highest BCUT2D eigenvalue weighted by Gasteiger charge is 2.37. The topological polar surface area (TPSA) is 64.8 Å². The summed E-state index contributed by atoms with van der Waals surface area (Å²) in [5.74, 6) is 2.50. The molecule has 1 heterocycles. The zero-order valence-electron chi connectivity index (χ0n) is 15.9. The molecule has 27 heavy (non-hydrogen) atoms. The molecule has 0 unspecified atom stereocenters. The van der Waals surface area contributed by atoms with Gasteiger partial charge in [0.2, 0.25) is 5.91 Å². The highest BCUT2D eigenvalue weighted by atomic mass is 16.5. The first-order chi connectivity index (χ1) is 13.2. The summed E-state index contributed by atoms with van der Waals surface area (Å²) >= 11 is 0. The maximum atomic E-state index is 12.9. The Kier molecular flexibility index (Phi) is 5.05. The number of benzene rings is 1. The Labute approximate surface area is 159 Å². The van der Waals surface area contributed by atoms with Gasteiger partial charge in [-0.2, -0.15) is 0 Å². The Morgan fingerprint density at radius 1 is 1.15 bits per heavy atom. The van der Waals surface area contributed by atoms with Gasteiger partial charge in [-0.1, -0.05) is 18.0 Å². The lowest BCUT2D eigenvalue weighted by atomic mass is 10.1. The molecular formula is C21H26N2O4. The zero-order valence-corrected chi connectivity index (χ0v) is 15.9. The molecule has 2 fully saturated rings. The van der Waals surface area contributed by atoms with Crippen LogP contribution in [0.25, 0.3) is 11.3 Å². The third-order valence-electron chi connectivity index (χ3n) is 5.54. The van der Waals surface area contributed by atoms with Crippen LogP contribution in [-0.4, -0.2) is 36.2 Å². The van der Waals surface area contributed by atoms with Gasteiger partial charge in [-0.15, -0.1) is 0 Å². The van der Waals surface area contributed by atoms with E-state index in [0.717, 1.165) is 42.7 Å². The van der Waals surface area contributed by atoms with E-state index in [2.05, 4.69) is 5.16 Å². The predicted molar refractivity (Wildman–Crippen MR) is 101 cm³/mol. The molecule has 6 nitrogen and oxygen atoms in total. The van der Waals surface area contributed by atoms with Gasteiger partial charge in [0, 0.05) is 24.1 Å². The van der Waals surface area contributed by atoms with Crippen molar-refractivity contribution < 1.29 is 18.8 Å². The predicted octanol–water partition coefficient (Wildman–Crippen LogP) is 4.04. The van der Waals surface area contributed by atoms with E-state index in [-0.39, 0.29) is 5.92 Å². The van der Waals surface area contributed by atoms with Gasteiger partial charge in [-0.25, -0.2) is 0 Å². The van der Waals surface area contributed by atoms with Gasteiger partial charge in [-0.3, -0.25) is 4.79 Å². The Hall–Kier alpha value is -2.50. The number of carbonyl (C=O) groups excluding carboxylic acids is 1. The lowest BCUT2D eigenvalue weighted by molar-refractivity contribution is -0.136. The summed E-state index contributed by atoms with van der Waals surface area (Å²) in [5, 5.41) is 4.21. The van der Waals surface area contributed by atoms with E-state index in [1.54, 1.807) is 14.2 Å². The van der Waals surface area contributed by atoms with Crippen molar-refractivity contribution in [1.82, 2.24) is 10.1 Å². The lowest BCUT2D eigenvalue weighted by Crippen LogP contribution is -2.36. The number of carbonyl (C=O) groups is 1. The van der Waals surface area contributed by atoms with Gasteiger partial charge in [0.1, 0.15) is 17.2 Å². The summed E-state index contributed by atoms with van der Waals surface area (Å²) in [6.45, 7) is 0.516. The second-order valence-corrected chi connectivity index (χ2v) is 7.43. The van der Waals surface area contributed by atoms with E-state index in [1.807, 2.05) is 29.2 Å². The highest BCUT2D eigenvalue weighted by Crippen LogP contribution is 2.36. The smallest absolute Gasteiger partial charge is 0.226 e. The van der Waals surface area contributed by atoms with Crippen molar-refractivity contribution in [2.45, 2.75) is 51.1 Å². The van der Waals surface area contributed by atoms with Crippen molar-refractivity contribution >= 4 is 5.91 Å². The summed E-state index contributed by atoms with van der Waals surface area (Å²) in [6, 6.07) is 7.85. The standard InChI is InChI=1S/C21H26N2O4/c1-25-17-9-10-18(19(12-17)26-2)20-11-15(22-27-20)13-23(16-7-8-16)21(24)14-5-3-4-6-14/h9-12,14,16H,3-8,13H2,1-2H3. The first kappa shape index (κ1) is 17.9. The molecule has 0 atom stereocenters. The molecular weight excluding hydrogens is 344 g/mol. The first-order valence-corrected chi connectivity index (χ1v) is 9.68. The maximum Gasteiger partial charge on any atom is 0.226 e. The van der Waals surface area contributed by atoms with Gasteiger partial charge in [0.05, 0.1) is 26.3 Å². The minimum absolute atomic E-state index is 0.193. The summed E-state index contributed by atoms with van der Waals surface area (Å²) in [6.07, 6.45) is 6.57. The first-order valence-electron chi connectivity index (χ1n) is 9.68. The Morgan fingerprint density at radius 2 is 1.93 bits per heavy atom. The second kappa shape index (κ2) is 7.62. The fourth-order valence-electron chi connectivity index (χ4n) is 3.87. The van der Waals surface area contributed by atoms with E-state index in [0.29, 0.717) is 30.0 Å². The third kappa shape index (κ3) is 3.80. The molecule has 4 rings (SSSR count). The van der Waals surface area contributed by atoms with E-state index < -0.39 is 0 Å². The summed E-state index contributed by atoms with van der Waals surface area (Å²) in [4.78, 5) is 14.9. The lowest BCUT2D eigenvalue weighted by Gasteiger charge is -2.24. The van der Waals surface area contributed by atoms with Crippen LogP contribution in [0.15, 0.2) is 28.8 Å². The van der Waals surface area contributed by atoms with Crippen LogP contribution in [-0.2, 0) is 11.3 Å². The highest BCUT2D eigenvalue weighted by molar-refractivity contribution is 5.79. The largest absolute Gasteiger partial charge is 0.497 e. The van der Waals surface area contributed by atoms with Crippen LogP contribution >= 0.6 is 0 Å². The van der Waals surface area contributed by atoms with E-state index in [9.17, 15) is 4.79 Å². The number of aromatic nitrogens is 1. The monoisotopic (exact) mass is 370 g/mol. The summed E-state index contributed by atoms with van der Waals surface area (Å²) in [5.41, 5.74) is 1.60. The van der Waals surface area contributed by atoms with Crippen LogP contribution in [0, 0.1) is 5.92 Å². The molecule has 0 saturated heterocycles. The normalized spacial score (nSPS) is 17.1. The minimum atomic E-state index is 0.193. The SMILES string of the molecule is COc1ccc(-c2cc(CN(C(=O)C3CCCC3)C3CC3)no2)c(OC)c1. The average molecular weight is 370 g/mol.